The molecule has 0 aromatic carbocycles. The highest BCUT2D eigenvalue weighted by Crippen LogP contribution is 2.15. The lowest BCUT2D eigenvalue weighted by molar-refractivity contribution is 0.147. The molecule has 6 nitrogen and oxygen atoms in total. The SMILES string of the molecule is COCc1nnc(NC(=O)OCC(C)C)s1. The van der Waals surface area contributed by atoms with Gasteiger partial charge in [-0.2, -0.15) is 0 Å². The molecule has 1 amide bonds. The third kappa shape index (κ3) is 4.54. The summed E-state index contributed by atoms with van der Waals surface area (Å²) in [4.78, 5) is 11.3. The standard InChI is InChI=1S/C9H15N3O3S/c1-6(2)4-15-9(13)10-8-12-11-7(16-8)5-14-3/h6H,4-5H2,1-3H3,(H,10,12,13). The third-order valence-electron chi connectivity index (χ3n) is 1.49. The number of nitrogens with zero attached hydrogens (tertiary/aromatic N) is 2. The first-order valence-corrected chi connectivity index (χ1v) is 5.68. The van der Waals surface area contributed by atoms with E-state index in [-0.39, 0.29) is 0 Å². The van der Waals surface area contributed by atoms with Gasteiger partial charge in [0.25, 0.3) is 0 Å². The van der Waals surface area contributed by atoms with Crippen molar-refractivity contribution in [2.45, 2.75) is 20.5 Å². The van der Waals surface area contributed by atoms with E-state index in [1.54, 1.807) is 7.11 Å². The van der Waals surface area contributed by atoms with E-state index in [0.717, 1.165) is 0 Å². The summed E-state index contributed by atoms with van der Waals surface area (Å²) in [7, 11) is 1.57. The van der Waals surface area contributed by atoms with E-state index < -0.39 is 6.09 Å². The highest BCUT2D eigenvalue weighted by molar-refractivity contribution is 7.15. The van der Waals surface area contributed by atoms with Crippen LogP contribution in [0.5, 0.6) is 0 Å². The number of anilines is 1. The zero-order valence-corrected chi connectivity index (χ0v) is 10.3. The summed E-state index contributed by atoms with van der Waals surface area (Å²) in [6, 6.07) is 0. The van der Waals surface area contributed by atoms with Crippen LogP contribution in [-0.2, 0) is 16.1 Å². The summed E-state index contributed by atoms with van der Waals surface area (Å²) >= 11 is 1.26. The maximum absolute atomic E-state index is 11.3. The number of carbonyl (C=O) groups is 1. The minimum atomic E-state index is -0.506. The van der Waals surface area contributed by atoms with Crippen LogP contribution in [0.15, 0.2) is 0 Å². The lowest BCUT2D eigenvalue weighted by Gasteiger charge is -2.06. The van der Waals surface area contributed by atoms with Crippen molar-refractivity contribution in [1.29, 1.82) is 0 Å². The quantitative estimate of drug-likeness (QED) is 0.857. The van der Waals surface area contributed by atoms with Crippen LogP contribution in [0.2, 0.25) is 0 Å². The van der Waals surface area contributed by atoms with E-state index in [0.29, 0.717) is 29.3 Å². The molecule has 0 aliphatic heterocycles. The van der Waals surface area contributed by atoms with Crippen molar-refractivity contribution in [1.82, 2.24) is 10.2 Å². The number of rotatable bonds is 5. The zero-order valence-electron chi connectivity index (χ0n) is 9.52. The Bertz CT molecular complexity index is 340. The normalized spacial score (nSPS) is 10.5. The first kappa shape index (κ1) is 12.9. The maximum Gasteiger partial charge on any atom is 0.413 e. The van der Waals surface area contributed by atoms with Gasteiger partial charge in [-0.25, -0.2) is 4.79 Å². The fraction of sp³-hybridized carbons (Fsp3) is 0.667. The molecule has 1 aromatic heterocycles. The van der Waals surface area contributed by atoms with E-state index in [1.807, 2.05) is 13.8 Å². The van der Waals surface area contributed by atoms with Crippen molar-refractivity contribution in [3.63, 3.8) is 0 Å². The predicted molar refractivity (Wildman–Crippen MR) is 60.4 cm³/mol. The molecule has 0 spiro atoms. The number of aromatic nitrogens is 2. The van der Waals surface area contributed by atoms with Crippen LogP contribution in [0.25, 0.3) is 0 Å². The second-order valence-electron chi connectivity index (χ2n) is 3.55. The highest BCUT2D eigenvalue weighted by Gasteiger charge is 2.09. The van der Waals surface area contributed by atoms with Crippen molar-refractivity contribution in [2.24, 2.45) is 5.92 Å². The number of carbonyl (C=O) groups excluding carboxylic acids is 1. The first-order valence-electron chi connectivity index (χ1n) is 4.87. The number of methoxy groups -OCH3 is 1. The van der Waals surface area contributed by atoms with Crippen molar-refractivity contribution >= 4 is 22.6 Å². The largest absolute Gasteiger partial charge is 0.449 e. The van der Waals surface area contributed by atoms with Gasteiger partial charge in [0.1, 0.15) is 11.6 Å². The van der Waals surface area contributed by atoms with Crippen LogP contribution in [0, 0.1) is 5.92 Å². The number of hydrogen-bond donors (Lipinski definition) is 1. The molecule has 7 heteroatoms. The molecule has 0 saturated heterocycles. The molecule has 0 radical (unpaired) electrons. The minimum absolute atomic E-state index is 0.309. The molecule has 0 aliphatic carbocycles. The van der Waals surface area contributed by atoms with Gasteiger partial charge in [-0.3, -0.25) is 5.32 Å². The Kier molecular flexibility index (Phi) is 5.13. The molecular weight excluding hydrogens is 230 g/mol. The number of nitrogens with one attached hydrogen (secondary N) is 1. The van der Waals surface area contributed by atoms with Gasteiger partial charge in [0.15, 0.2) is 0 Å². The second kappa shape index (κ2) is 6.39. The summed E-state index contributed by atoms with van der Waals surface area (Å²) in [5.41, 5.74) is 0. The predicted octanol–water partition coefficient (Wildman–Crippen LogP) is 1.89. The van der Waals surface area contributed by atoms with E-state index in [9.17, 15) is 4.79 Å². The van der Waals surface area contributed by atoms with E-state index in [1.165, 1.54) is 11.3 Å². The minimum Gasteiger partial charge on any atom is -0.449 e. The Labute approximate surface area is 98.0 Å². The van der Waals surface area contributed by atoms with Crippen LogP contribution in [0.1, 0.15) is 18.9 Å². The number of amides is 1. The molecule has 0 fully saturated rings. The summed E-state index contributed by atoms with van der Waals surface area (Å²) in [5, 5.41) is 11.2. The monoisotopic (exact) mass is 245 g/mol. The fourth-order valence-corrected chi connectivity index (χ4v) is 1.55. The lowest BCUT2D eigenvalue weighted by atomic mass is 10.2. The fourth-order valence-electron chi connectivity index (χ4n) is 0.852. The zero-order chi connectivity index (χ0) is 12.0. The van der Waals surface area contributed by atoms with Crippen molar-refractivity contribution in [3.05, 3.63) is 5.01 Å². The molecule has 1 rings (SSSR count). The Morgan fingerprint density at radius 3 is 2.88 bits per heavy atom. The number of hydrogen-bond acceptors (Lipinski definition) is 6. The third-order valence-corrected chi connectivity index (χ3v) is 2.30. The summed E-state index contributed by atoms with van der Waals surface area (Å²) in [6.07, 6.45) is -0.506. The van der Waals surface area contributed by atoms with Crippen molar-refractivity contribution in [2.75, 3.05) is 19.0 Å². The molecule has 1 aromatic rings. The molecular formula is C9H15N3O3S. The molecule has 0 aliphatic rings. The Morgan fingerprint density at radius 1 is 1.50 bits per heavy atom. The van der Waals surface area contributed by atoms with Gasteiger partial charge in [-0.15, -0.1) is 10.2 Å². The Balaban J connectivity index is 2.37. The lowest BCUT2D eigenvalue weighted by Crippen LogP contribution is -2.16. The first-order chi connectivity index (χ1) is 7.61. The van der Waals surface area contributed by atoms with E-state index in [4.69, 9.17) is 9.47 Å². The Hall–Kier alpha value is -1.21. The van der Waals surface area contributed by atoms with Gasteiger partial charge in [-0.05, 0) is 5.92 Å². The average molecular weight is 245 g/mol. The van der Waals surface area contributed by atoms with Crippen LogP contribution in [0.3, 0.4) is 0 Å². The van der Waals surface area contributed by atoms with Crippen LogP contribution in [-0.4, -0.2) is 30.0 Å². The molecule has 1 N–H and O–H groups in total. The van der Waals surface area contributed by atoms with Crippen molar-refractivity contribution in [3.8, 4) is 0 Å². The van der Waals surface area contributed by atoms with Gasteiger partial charge in [0.05, 0.1) is 6.61 Å². The Morgan fingerprint density at radius 2 is 2.25 bits per heavy atom. The smallest absolute Gasteiger partial charge is 0.413 e. The molecule has 0 atom stereocenters. The maximum atomic E-state index is 11.3. The molecule has 16 heavy (non-hydrogen) atoms. The second-order valence-corrected chi connectivity index (χ2v) is 4.61. The van der Waals surface area contributed by atoms with E-state index >= 15 is 0 Å². The number of ether oxygens (including phenoxy) is 2. The van der Waals surface area contributed by atoms with Gasteiger partial charge in [0.2, 0.25) is 5.13 Å². The van der Waals surface area contributed by atoms with Crippen LogP contribution >= 0.6 is 11.3 Å². The molecule has 90 valence electrons. The topological polar surface area (TPSA) is 73.3 Å². The summed E-state index contributed by atoms with van der Waals surface area (Å²) in [5.74, 6) is 0.309. The van der Waals surface area contributed by atoms with Gasteiger partial charge < -0.3 is 9.47 Å². The highest BCUT2D eigenvalue weighted by atomic mass is 32.1. The summed E-state index contributed by atoms with van der Waals surface area (Å²) < 4.78 is 9.82. The van der Waals surface area contributed by atoms with Crippen LogP contribution < -0.4 is 5.32 Å². The molecule has 0 saturated carbocycles. The summed E-state index contributed by atoms with van der Waals surface area (Å²) in [6.45, 7) is 4.71. The van der Waals surface area contributed by atoms with Crippen molar-refractivity contribution < 1.29 is 14.3 Å². The van der Waals surface area contributed by atoms with Crippen LogP contribution in [0.4, 0.5) is 9.93 Å². The van der Waals surface area contributed by atoms with Gasteiger partial charge in [0, 0.05) is 7.11 Å². The van der Waals surface area contributed by atoms with Gasteiger partial charge >= 0.3 is 6.09 Å². The van der Waals surface area contributed by atoms with E-state index in [2.05, 4.69) is 15.5 Å². The molecule has 1 heterocycles. The molecule has 0 unspecified atom stereocenters. The molecule has 0 bridgehead atoms. The van der Waals surface area contributed by atoms with Gasteiger partial charge in [-0.1, -0.05) is 25.2 Å². The average Bonchev–Trinajstić information content (AvgIpc) is 2.63.